The van der Waals surface area contributed by atoms with Crippen molar-refractivity contribution < 1.29 is 4.74 Å². The van der Waals surface area contributed by atoms with Gasteiger partial charge in [-0.15, -0.1) is 11.3 Å². The minimum atomic E-state index is 0.119. The molecule has 1 aliphatic carbocycles. The van der Waals surface area contributed by atoms with Crippen LogP contribution in [0.2, 0.25) is 0 Å². The predicted molar refractivity (Wildman–Crippen MR) is 96.1 cm³/mol. The molecule has 1 saturated heterocycles. The summed E-state index contributed by atoms with van der Waals surface area (Å²) in [7, 11) is 1.87. The van der Waals surface area contributed by atoms with Gasteiger partial charge in [-0.3, -0.25) is 4.90 Å². The molecule has 3 heteroatoms. The highest BCUT2D eigenvalue weighted by Gasteiger charge is 2.32. The van der Waals surface area contributed by atoms with Crippen LogP contribution in [0.1, 0.15) is 53.0 Å². The summed E-state index contributed by atoms with van der Waals surface area (Å²) in [4.78, 5) is 4.06. The fourth-order valence-corrected chi connectivity index (χ4v) is 5.13. The summed E-state index contributed by atoms with van der Waals surface area (Å²) in [5.74, 6) is 0.673. The third-order valence-corrected chi connectivity index (χ3v) is 6.45. The summed E-state index contributed by atoms with van der Waals surface area (Å²) >= 11 is 1.89. The van der Waals surface area contributed by atoms with Crippen LogP contribution < -0.4 is 0 Å². The largest absolute Gasteiger partial charge is 0.362 e. The Morgan fingerprint density at radius 2 is 2.09 bits per heavy atom. The molecule has 0 spiro atoms. The van der Waals surface area contributed by atoms with Crippen LogP contribution in [0, 0.1) is 0 Å². The maximum atomic E-state index is 5.98. The monoisotopic (exact) mass is 327 g/mol. The number of likely N-dealkylation sites (tertiary alicyclic amines) is 1. The second-order valence-electron chi connectivity index (χ2n) is 6.78. The molecule has 2 nitrogen and oxygen atoms in total. The molecule has 1 aromatic carbocycles. The molecule has 0 bridgehead atoms. The van der Waals surface area contributed by atoms with E-state index in [0.717, 1.165) is 13.1 Å². The molecule has 2 aliphatic rings. The van der Waals surface area contributed by atoms with Gasteiger partial charge in [0.05, 0.1) is 0 Å². The van der Waals surface area contributed by atoms with E-state index in [4.69, 9.17) is 4.74 Å². The summed E-state index contributed by atoms with van der Waals surface area (Å²) in [5, 5.41) is 2.19. The molecule has 0 N–H and O–H groups in total. The Hall–Kier alpha value is -1.16. The fraction of sp³-hybridized carbons (Fsp3) is 0.500. The van der Waals surface area contributed by atoms with Crippen LogP contribution in [-0.2, 0) is 17.6 Å². The quantitative estimate of drug-likeness (QED) is 0.802. The molecule has 0 radical (unpaired) electrons. The first-order chi connectivity index (χ1) is 11.4. The number of ether oxygens (including phenoxy) is 1. The van der Waals surface area contributed by atoms with Crippen molar-refractivity contribution in [1.82, 2.24) is 4.90 Å². The van der Waals surface area contributed by atoms with Gasteiger partial charge in [-0.05, 0) is 60.2 Å². The van der Waals surface area contributed by atoms with Gasteiger partial charge < -0.3 is 4.74 Å². The zero-order valence-electron chi connectivity index (χ0n) is 13.8. The van der Waals surface area contributed by atoms with Crippen LogP contribution in [0.15, 0.2) is 35.7 Å². The van der Waals surface area contributed by atoms with E-state index in [9.17, 15) is 0 Å². The number of hydrogen-bond donors (Lipinski definition) is 0. The summed E-state index contributed by atoms with van der Waals surface area (Å²) in [6.07, 6.45) is 6.46. The topological polar surface area (TPSA) is 12.5 Å². The smallest absolute Gasteiger partial charge is 0.136 e. The number of thiophene rings is 1. The van der Waals surface area contributed by atoms with Crippen molar-refractivity contribution in [3.63, 3.8) is 0 Å². The molecule has 122 valence electrons. The van der Waals surface area contributed by atoms with Gasteiger partial charge in [0.1, 0.15) is 6.23 Å². The Morgan fingerprint density at radius 1 is 1.17 bits per heavy atom. The molecule has 1 aromatic heterocycles. The lowest BCUT2D eigenvalue weighted by atomic mass is 9.87. The van der Waals surface area contributed by atoms with Gasteiger partial charge in [0.2, 0.25) is 0 Å². The molecule has 2 atom stereocenters. The molecule has 1 aliphatic heterocycles. The van der Waals surface area contributed by atoms with Gasteiger partial charge in [0, 0.05) is 31.0 Å². The van der Waals surface area contributed by atoms with Crippen molar-refractivity contribution in [3.8, 4) is 0 Å². The van der Waals surface area contributed by atoms with Gasteiger partial charge >= 0.3 is 0 Å². The number of aryl methyl sites for hydroxylation is 1. The number of rotatable bonds is 4. The minimum Gasteiger partial charge on any atom is -0.362 e. The van der Waals surface area contributed by atoms with E-state index in [-0.39, 0.29) is 6.23 Å². The van der Waals surface area contributed by atoms with Crippen LogP contribution in [0.3, 0.4) is 0 Å². The first-order valence-corrected chi connectivity index (χ1v) is 9.65. The van der Waals surface area contributed by atoms with E-state index in [0.29, 0.717) is 5.92 Å². The molecule has 2 heterocycles. The van der Waals surface area contributed by atoms with Gasteiger partial charge in [0.25, 0.3) is 0 Å². The highest BCUT2D eigenvalue weighted by atomic mass is 32.1. The van der Waals surface area contributed by atoms with E-state index < -0.39 is 0 Å². The molecule has 2 unspecified atom stereocenters. The summed E-state index contributed by atoms with van der Waals surface area (Å²) in [6.45, 7) is 2.24. The van der Waals surface area contributed by atoms with Gasteiger partial charge in [0.15, 0.2) is 0 Å². The second kappa shape index (κ2) is 6.76. The van der Waals surface area contributed by atoms with E-state index in [2.05, 4.69) is 40.6 Å². The predicted octanol–water partition coefficient (Wildman–Crippen LogP) is 4.76. The highest BCUT2D eigenvalue weighted by molar-refractivity contribution is 7.10. The molecule has 4 rings (SSSR count). The van der Waals surface area contributed by atoms with Crippen molar-refractivity contribution in [1.29, 1.82) is 0 Å². The zero-order chi connectivity index (χ0) is 15.6. The molecular weight excluding hydrogens is 302 g/mol. The first kappa shape index (κ1) is 15.4. The third-order valence-electron chi connectivity index (χ3n) is 5.42. The Bertz CT molecular complexity index is 652. The molecule has 1 fully saturated rings. The summed E-state index contributed by atoms with van der Waals surface area (Å²) in [5.41, 5.74) is 4.52. The van der Waals surface area contributed by atoms with E-state index in [1.165, 1.54) is 42.5 Å². The number of methoxy groups -OCH3 is 1. The summed E-state index contributed by atoms with van der Waals surface area (Å²) < 4.78 is 5.98. The molecule has 2 aromatic rings. The Kier molecular flexibility index (Phi) is 4.52. The Labute approximate surface area is 143 Å². The number of hydrogen-bond acceptors (Lipinski definition) is 3. The van der Waals surface area contributed by atoms with Crippen LogP contribution in [0.5, 0.6) is 0 Å². The normalized spacial score (nSPS) is 22.9. The molecular formula is C20H25NOS. The van der Waals surface area contributed by atoms with Crippen molar-refractivity contribution >= 4 is 11.3 Å². The summed E-state index contributed by atoms with van der Waals surface area (Å²) in [6, 6.07) is 11.3. The van der Waals surface area contributed by atoms with Crippen LogP contribution >= 0.6 is 11.3 Å². The number of nitrogens with zero attached hydrogens (tertiary/aromatic N) is 1. The number of benzene rings is 1. The first-order valence-electron chi connectivity index (χ1n) is 8.77. The van der Waals surface area contributed by atoms with Gasteiger partial charge in [-0.1, -0.05) is 24.3 Å². The number of fused-ring (bicyclic) bond motifs is 1. The van der Waals surface area contributed by atoms with Crippen molar-refractivity contribution in [2.24, 2.45) is 0 Å². The van der Waals surface area contributed by atoms with Crippen molar-refractivity contribution in [3.05, 3.63) is 57.3 Å². The standard InChI is InChI=1S/C20H25NOS/c1-22-20(18-9-4-7-15-6-2-3-8-17(15)18)21-12-11-16(14-21)19-10-5-13-23-19/h4-5,7,9-10,13,16,20H,2-3,6,8,11-12,14H2,1H3. The zero-order valence-corrected chi connectivity index (χ0v) is 14.6. The molecule has 0 saturated carbocycles. The lowest BCUT2D eigenvalue weighted by Gasteiger charge is -2.30. The SMILES string of the molecule is COC(c1cccc2c1CCCC2)N1CCC(c2cccs2)C1. The second-order valence-corrected chi connectivity index (χ2v) is 7.76. The maximum Gasteiger partial charge on any atom is 0.136 e. The lowest BCUT2D eigenvalue weighted by Crippen LogP contribution is -2.29. The van der Waals surface area contributed by atoms with Crippen LogP contribution in [0.4, 0.5) is 0 Å². The molecule has 23 heavy (non-hydrogen) atoms. The Balaban J connectivity index is 1.58. The minimum absolute atomic E-state index is 0.119. The van der Waals surface area contributed by atoms with E-state index in [1.54, 1.807) is 11.1 Å². The third kappa shape index (κ3) is 2.98. The molecule has 0 amide bonds. The van der Waals surface area contributed by atoms with Crippen molar-refractivity contribution in [2.45, 2.75) is 44.2 Å². The fourth-order valence-electron chi connectivity index (χ4n) is 4.27. The van der Waals surface area contributed by atoms with Crippen molar-refractivity contribution in [2.75, 3.05) is 20.2 Å². The Morgan fingerprint density at radius 3 is 2.91 bits per heavy atom. The highest BCUT2D eigenvalue weighted by Crippen LogP contribution is 2.37. The average molecular weight is 327 g/mol. The van der Waals surface area contributed by atoms with Gasteiger partial charge in [-0.25, -0.2) is 0 Å². The van der Waals surface area contributed by atoms with E-state index >= 15 is 0 Å². The lowest BCUT2D eigenvalue weighted by molar-refractivity contribution is -0.0230. The van der Waals surface area contributed by atoms with Gasteiger partial charge in [-0.2, -0.15) is 0 Å². The van der Waals surface area contributed by atoms with Crippen LogP contribution in [-0.4, -0.2) is 25.1 Å². The average Bonchev–Trinajstić information content (AvgIpc) is 3.27. The maximum absolute atomic E-state index is 5.98. The van der Waals surface area contributed by atoms with Crippen LogP contribution in [0.25, 0.3) is 0 Å². The van der Waals surface area contributed by atoms with E-state index in [1.807, 2.05) is 18.4 Å².